The summed E-state index contributed by atoms with van der Waals surface area (Å²) in [5.41, 5.74) is 2.39. The van der Waals surface area contributed by atoms with Crippen LogP contribution < -0.4 is 5.32 Å². The number of carbonyl (C=O) groups is 1. The molecule has 0 saturated carbocycles. The molecule has 4 aromatic rings. The molecule has 0 unspecified atom stereocenters. The predicted octanol–water partition coefficient (Wildman–Crippen LogP) is 5.47. The third-order valence-electron chi connectivity index (χ3n) is 4.89. The maximum atomic E-state index is 12.9. The summed E-state index contributed by atoms with van der Waals surface area (Å²) in [5, 5.41) is 10.7. The maximum absolute atomic E-state index is 12.9. The number of rotatable bonds is 5. The SMILES string of the molecule is Cc1ccc(-c2cc(C(=O)Nc3cc(C)n(Cc4cccc(C(F)(F)F)c4)n3)no2)cc1. The summed E-state index contributed by atoms with van der Waals surface area (Å²) in [4.78, 5) is 12.5. The van der Waals surface area contributed by atoms with Crippen molar-refractivity contribution in [2.24, 2.45) is 0 Å². The van der Waals surface area contributed by atoms with Gasteiger partial charge in [0.2, 0.25) is 0 Å². The van der Waals surface area contributed by atoms with Crippen LogP contribution >= 0.6 is 0 Å². The van der Waals surface area contributed by atoms with Crippen molar-refractivity contribution >= 4 is 11.7 Å². The molecule has 0 aliphatic carbocycles. The summed E-state index contributed by atoms with van der Waals surface area (Å²) in [5.74, 6) is 0.219. The number of carbonyl (C=O) groups excluding carboxylic acids is 1. The van der Waals surface area contributed by atoms with Gasteiger partial charge >= 0.3 is 6.18 Å². The maximum Gasteiger partial charge on any atom is 0.416 e. The van der Waals surface area contributed by atoms with Crippen LogP contribution in [0.2, 0.25) is 0 Å². The van der Waals surface area contributed by atoms with Crippen LogP contribution in [0.15, 0.2) is 65.2 Å². The highest BCUT2D eigenvalue weighted by molar-refractivity contribution is 6.02. The molecule has 9 heteroatoms. The van der Waals surface area contributed by atoms with Crippen LogP contribution in [0.25, 0.3) is 11.3 Å². The van der Waals surface area contributed by atoms with E-state index >= 15 is 0 Å². The minimum atomic E-state index is -4.41. The lowest BCUT2D eigenvalue weighted by atomic mass is 10.1. The van der Waals surface area contributed by atoms with E-state index in [-0.39, 0.29) is 18.1 Å². The molecule has 0 aliphatic rings. The number of halogens is 3. The van der Waals surface area contributed by atoms with E-state index in [0.717, 1.165) is 23.3 Å². The molecular formula is C23H19F3N4O2. The second-order valence-corrected chi connectivity index (χ2v) is 7.42. The van der Waals surface area contributed by atoms with E-state index < -0.39 is 17.6 Å². The van der Waals surface area contributed by atoms with Crippen molar-refractivity contribution in [2.75, 3.05) is 5.32 Å². The number of aryl methyl sites for hydroxylation is 2. The third kappa shape index (κ3) is 4.72. The van der Waals surface area contributed by atoms with Gasteiger partial charge in [0.05, 0.1) is 12.1 Å². The summed E-state index contributed by atoms with van der Waals surface area (Å²) in [6.45, 7) is 3.85. The summed E-state index contributed by atoms with van der Waals surface area (Å²) in [7, 11) is 0. The molecule has 4 rings (SSSR count). The molecule has 0 bridgehead atoms. The van der Waals surface area contributed by atoms with Crippen molar-refractivity contribution in [1.82, 2.24) is 14.9 Å². The number of hydrogen-bond donors (Lipinski definition) is 1. The molecular weight excluding hydrogens is 421 g/mol. The number of hydrogen-bond acceptors (Lipinski definition) is 4. The Morgan fingerprint density at radius 3 is 2.53 bits per heavy atom. The molecule has 0 fully saturated rings. The Hall–Kier alpha value is -3.88. The lowest BCUT2D eigenvalue weighted by Gasteiger charge is -2.09. The zero-order valence-electron chi connectivity index (χ0n) is 17.3. The van der Waals surface area contributed by atoms with Gasteiger partial charge in [-0.05, 0) is 31.5 Å². The van der Waals surface area contributed by atoms with Gasteiger partial charge < -0.3 is 9.84 Å². The number of anilines is 1. The largest absolute Gasteiger partial charge is 0.416 e. The molecule has 1 N–H and O–H groups in total. The molecule has 0 atom stereocenters. The minimum absolute atomic E-state index is 0.0886. The molecule has 32 heavy (non-hydrogen) atoms. The Kier molecular flexibility index (Phi) is 5.56. The van der Waals surface area contributed by atoms with E-state index in [1.807, 2.05) is 31.2 Å². The van der Waals surface area contributed by atoms with Crippen molar-refractivity contribution in [3.05, 3.63) is 88.7 Å². The molecule has 0 radical (unpaired) electrons. The molecule has 164 valence electrons. The minimum Gasteiger partial charge on any atom is -0.355 e. The number of nitrogens with one attached hydrogen (secondary N) is 1. The Morgan fingerprint density at radius 1 is 1.06 bits per heavy atom. The smallest absolute Gasteiger partial charge is 0.355 e. The highest BCUT2D eigenvalue weighted by Gasteiger charge is 2.30. The average molecular weight is 440 g/mol. The van der Waals surface area contributed by atoms with Gasteiger partial charge in [0, 0.05) is 23.4 Å². The lowest BCUT2D eigenvalue weighted by Crippen LogP contribution is -2.13. The van der Waals surface area contributed by atoms with E-state index in [1.165, 1.54) is 16.8 Å². The van der Waals surface area contributed by atoms with Crippen molar-refractivity contribution < 1.29 is 22.5 Å². The van der Waals surface area contributed by atoms with E-state index in [1.54, 1.807) is 19.1 Å². The second-order valence-electron chi connectivity index (χ2n) is 7.42. The zero-order valence-corrected chi connectivity index (χ0v) is 17.3. The molecule has 0 saturated heterocycles. The molecule has 2 aromatic heterocycles. The van der Waals surface area contributed by atoms with Crippen LogP contribution in [-0.4, -0.2) is 20.8 Å². The Bertz CT molecular complexity index is 1260. The summed E-state index contributed by atoms with van der Waals surface area (Å²) < 4.78 is 45.6. The predicted molar refractivity (Wildman–Crippen MR) is 112 cm³/mol. The van der Waals surface area contributed by atoms with Crippen LogP contribution in [0.5, 0.6) is 0 Å². The van der Waals surface area contributed by atoms with Crippen molar-refractivity contribution in [3.63, 3.8) is 0 Å². The monoisotopic (exact) mass is 440 g/mol. The normalized spacial score (nSPS) is 11.5. The number of alkyl halides is 3. The van der Waals surface area contributed by atoms with Gasteiger partial charge in [-0.1, -0.05) is 47.1 Å². The number of benzene rings is 2. The first-order valence-electron chi connectivity index (χ1n) is 9.75. The van der Waals surface area contributed by atoms with E-state index in [0.29, 0.717) is 17.0 Å². The van der Waals surface area contributed by atoms with Crippen LogP contribution in [0.4, 0.5) is 19.0 Å². The molecule has 2 aromatic carbocycles. The quantitative estimate of drug-likeness (QED) is 0.446. The van der Waals surface area contributed by atoms with E-state index in [4.69, 9.17) is 4.52 Å². The number of aromatic nitrogens is 3. The Labute approximate surface area is 181 Å². The van der Waals surface area contributed by atoms with Crippen LogP contribution in [0.1, 0.15) is 32.9 Å². The Balaban J connectivity index is 1.47. The fourth-order valence-electron chi connectivity index (χ4n) is 3.17. The highest BCUT2D eigenvalue weighted by Crippen LogP contribution is 2.30. The van der Waals surface area contributed by atoms with Crippen LogP contribution in [0, 0.1) is 13.8 Å². The molecule has 0 spiro atoms. The zero-order chi connectivity index (χ0) is 22.9. The van der Waals surface area contributed by atoms with Gasteiger partial charge in [0.25, 0.3) is 5.91 Å². The molecule has 2 heterocycles. The first-order valence-corrected chi connectivity index (χ1v) is 9.75. The van der Waals surface area contributed by atoms with Crippen molar-refractivity contribution in [3.8, 4) is 11.3 Å². The first kappa shape index (κ1) is 21.4. The van der Waals surface area contributed by atoms with Gasteiger partial charge in [-0.3, -0.25) is 9.48 Å². The van der Waals surface area contributed by atoms with Crippen molar-refractivity contribution in [1.29, 1.82) is 0 Å². The van der Waals surface area contributed by atoms with Gasteiger partial charge in [0.15, 0.2) is 17.3 Å². The van der Waals surface area contributed by atoms with Gasteiger partial charge in [-0.15, -0.1) is 0 Å². The summed E-state index contributed by atoms with van der Waals surface area (Å²) in [6.07, 6.45) is -4.41. The molecule has 0 aliphatic heterocycles. The van der Waals surface area contributed by atoms with Crippen LogP contribution in [-0.2, 0) is 12.7 Å². The fraction of sp³-hybridized carbons (Fsp3) is 0.174. The average Bonchev–Trinajstić information content (AvgIpc) is 3.36. The number of nitrogens with zero attached hydrogens (tertiary/aromatic N) is 3. The third-order valence-corrected chi connectivity index (χ3v) is 4.89. The highest BCUT2D eigenvalue weighted by atomic mass is 19.4. The van der Waals surface area contributed by atoms with Crippen molar-refractivity contribution in [2.45, 2.75) is 26.6 Å². The van der Waals surface area contributed by atoms with Crippen LogP contribution in [0.3, 0.4) is 0 Å². The van der Waals surface area contributed by atoms with Gasteiger partial charge in [-0.25, -0.2) is 0 Å². The fourth-order valence-corrected chi connectivity index (χ4v) is 3.17. The molecule has 6 nitrogen and oxygen atoms in total. The standard InChI is InChI=1S/C23H19F3N4O2/c1-14-6-8-17(9-7-14)20-12-19(29-32-20)22(31)27-21-10-15(2)30(28-21)13-16-4-3-5-18(11-16)23(24,25)26/h3-12H,13H2,1-2H3,(H,27,28,31). The summed E-state index contributed by atoms with van der Waals surface area (Å²) in [6, 6.07) is 15.8. The number of amides is 1. The van der Waals surface area contributed by atoms with E-state index in [9.17, 15) is 18.0 Å². The lowest BCUT2D eigenvalue weighted by molar-refractivity contribution is -0.137. The Morgan fingerprint density at radius 2 is 1.81 bits per heavy atom. The first-order chi connectivity index (χ1) is 15.2. The van der Waals surface area contributed by atoms with Gasteiger partial charge in [-0.2, -0.15) is 18.3 Å². The van der Waals surface area contributed by atoms with Gasteiger partial charge in [0.1, 0.15) is 0 Å². The van der Waals surface area contributed by atoms with E-state index in [2.05, 4.69) is 15.6 Å². The molecule has 1 amide bonds. The topological polar surface area (TPSA) is 73.0 Å². The summed E-state index contributed by atoms with van der Waals surface area (Å²) >= 11 is 0. The second kappa shape index (κ2) is 8.33.